The van der Waals surface area contributed by atoms with Gasteiger partial charge in [0.2, 0.25) is 0 Å². The number of benzene rings is 2. The molecule has 33 heavy (non-hydrogen) atoms. The Hall–Kier alpha value is -3.49. The van der Waals surface area contributed by atoms with Gasteiger partial charge in [-0.3, -0.25) is 9.88 Å². The molecule has 0 radical (unpaired) electrons. The van der Waals surface area contributed by atoms with Gasteiger partial charge in [0, 0.05) is 54.9 Å². The summed E-state index contributed by atoms with van der Waals surface area (Å²) in [5.74, 6) is -1.35. The third kappa shape index (κ3) is 3.51. The predicted octanol–water partition coefficient (Wildman–Crippen LogP) is 3.95. The second-order valence-electron chi connectivity index (χ2n) is 8.29. The zero-order valence-corrected chi connectivity index (χ0v) is 18.4. The molecule has 2 aromatic heterocycles. The van der Waals surface area contributed by atoms with Crippen LogP contribution in [0.15, 0.2) is 53.4 Å². The molecule has 1 unspecified atom stereocenters. The van der Waals surface area contributed by atoms with Crippen molar-refractivity contribution in [1.82, 2.24) is 14.8 Å². The minimum absolute atomic E-state index is 0.0685. The van der Waals surface area contributed by atoms with Crippen LogP contribution in [0.2, 0.25) is 0 Å². The summed E-state index contributed by atoms with van der Waals surface area (Å²) in [6.45, 7) is 3.13. The number of esters is 1. The van der Waals surface area contributed by atoms with E-state index in [4.69, 9.17) is 9.15 Å². The average molecular weight is 449 g/mol. The molecule has 0 bridgehead atoms. The van der Waals surface area contributed by atoms with Crippen molar-refractivity contribution in [1.29, 1.82) is 0 Å². The number of aromatic nitrogens is 1. The summed E-state index contributed by atoms with van der Waals surface area (Å²) in [4.78, 5) is 21.3. The van der Waals surface area contributed by atoms with Crippen LogP contribution in [0.3, 0.4) is 0 Å². The average Bonchev–Trinajstić information content (AvgIpc) is 3.27. The van der Waals surface area contributed by atoms with E-state index < -0.39 is 17.8 Å². The fraction of sp³-hybridized carbons (Fsp3) is 0.280. The molecule has 0 saturated carbocycles. The maximum absolute atomic E-state index is 15.0. The lowest BCUT2D eigenvalue weighted by Gasteiger charge is -2.39. The first-order valence-electron chi connectivity index (χ1n) is 10.8. The lowest BCUT2D eigenvalue weighted by molar-refractivity contribution is 0.0601. The number of methoxy groups -OCH3 is 1. The standard InChI is InChI=1S/C25H24FN3O4/c1-28-10-12-29(13-11-28)22(15-6-8-27-9-7-15)21-20-17(25(31)32-2)14-33-24(20)16-4-3-5-18(26)19(16)23(21)30/h3-9,14,22,30H,10-13H2,1-2H3. The topological polar surface area (TPSA) is 79.0 Å². The lowest BCUT2D eigenvalue weighted by Crippen LogP contribution is -2.46. The first-order valence-corrected chi connectivity index (χ1v) is 10.8. The SMILES string of the molecule is COC(=O)c1coc2c1c(C(c1ccncc1)N1CCN(C)CC1)c(O)c1c(F)cccc12. The fourth-order valence-electron chi connectivity index (χ4n) is 4.74. The highest BCUT2D eigenvalue weighted by molar-refractivity contribution is 6.16. The number of phenols is 1. The highest BCUT2D eigenvalue weighted by atomic mass is 19.1. The number of piperazine rings is 1. The molecule has 170 valence electrons. The minimum atomic E-state index is -0.586. The van der Waals surface area contributed by atoms with Crippen LogP contribution in [-0.2, 0) is 4.74 Å². The van der Waals surface area contributed by atoms with Gasteiger partial charge < -0.3 is 19.2 Å². The van der Waals surface area contributed by atoms with Gasteiger partial charge in [-0.2, -0.15) is 0 Å². The largest absolute Gasteiger partial charge is 0.507 e. The van der Waals surface area contributed by atoms with Crippen molar-refractivity contribution in [2.45, 2.75) is 6.04 Å². The molecule has 5 rings (SSSR count). The molecule has 3 heterocycles. The lowest BCUT2D eigenvalue weighted by atomic mass is 9.89. The molecule has 0 aliphatic carbocycles. The van der Waals surface area contributed by atoms with E-state index in [1.807, 2.05) is 12.1 Å². The number of hydrogen-bond acceptors (Lipinski definition) is 7. The number of furan rings is 1. The van der Waals surface area contributed by atoms with E-state index in [0.29, 0.717) is 21.9 Å². The highest BCUT2D eigenvalue weighted by Crippen LogP contribution is 2.47. The summed E-state index contributed by atoms with van der Waals surface area (Å²) in [5, 5.41) is 12.4. The van der Waals surface area contributed by atoms with Gasteiger partial charge in [0.1, 0.15) is 29.0 Å². The van der Waals surface area contributed by atoms with Crippen LogP contribution in [0.4, 0.5) is 4.39 Å². The number of hydrogen-bond donors (Lipinski definition) is 1. The van der Waals surface area contributed by atoms with Crippen molar-refractivity contribution in [3.05, 3.63) is 71.5 Å². The zero-order chi connectivity index (χ0) is 23.1. The molecule has 1 N–H and O–H groups in total. The van der Waals surface area contributed by atoms with Gasteiger partial charge in [-0.25, -0.2) is 9.18 Å². The smallest absolute Gasteiger partial charge is 0.341 e. The molecule has 1 fully saturated rings. The molecular formula is C25H24FN3O4. The van der Waals surface area contributed by atoms with Gasteiger partial charge >= 0.3 is 5.97 Å². The van der Waals surface area contributed by atoms with Crippen LogP contribution in [0.1, 0.15) is 27.5 Å². The Morgan fingerprint density at radius 2 is 1.88 bits per heavy atom. The number of aromatic hydroxyl groups is 1. The second kappa shape index (κ2) is 8.46. The summed E-state index contributed by atoms with van der Waals surface area (Å²) >= 11 is 0. The molecule has 4 aromatic rings. The number of fused-ring (bicyclic) bond motifs is 3. The maximum Gasteiger partial charge on any atom is 0.341 e. The number of pyridine rings is 1. The maximum atomic E-state index is 15.0. The van der Waals surface area contributed by atoms with Gasteiger partial charge in [0.25, 0.3) is 0 Å². The Labute approximate surface area is 190 Å². The first kappa shape index (κ1) is 21.4. The van der Waals surface area contributed by atoms with Crippen LogP contribution in [0.5, 0.6) is 5.75 Å². The van der Waals surface area contributed by atoms with Crippen molar-refractivity contribution >= 4 is 27.7 Å². The van der Waals surface area contributed by atoms with E-state index in [-0.39, 0.29) is 16.7 Å². The van der Waals surface area contributed by atoms with E-state index in [9.17, 15) is 9.90 Å². The Morgan fingerprint density at radius 3 is 2.58 bits per heavy atom. The molecule has 0 spiro atoms. The van der Waals surface area contributed by atoms with Gasteiger partial charge in [-0.05, 0) is 30.8 Å². The van der Waals surface area contributed by atoms with E-state index >= 15 is 4.39 Å². The first-order chi connectivity index (χ1) is 16.0. The number of likely N-dealkylation sites (N-methyl/N-ethyl adjacent to an activating group) is 1. The van der Waals surface area contributed by atoms with Crippen LogP contribution < -0.4 is 0 Å². The molecule has 1 atom stereocenters. The third-order valence-electron chi connectivity index (χ3n) is 6.41. The van der Waals surface area contributed by atoms with Crippen LogP contribution in [-0.4, -0.2) is 66.2 Å². The van der Waals surface area contributed by atoms with E-state index in [0.717, 1.165) is 31.7 Å². The number of carbonyl (C=O) groups is 1. The Bertz CT molecular complexity index is 1330. The van der Waals surface area contributed by atoms with Gasteiger partial charge in [-0.15, -0.1) is 0 Å². The molecule has 0 amide bonds. The summed E-state index contributed by atoms with van der Waals surface area (Å²) in [5.41, 5.74) is 1.83. The highest BCUT2D eigenvalue weighted by Gasteiger charge is 2.34. The van der Waals surface area contributed by atoms with Crippen molar-refractivity contribution < 1.29 is 23.4 Å². The minimum Gasteiger partial charge on any atom is -0.507 e. The normalized spacial score (nSPS) is 16.3. The Balaban J connectivity index is 1.88. The van der Waals surface area contributed by atoms with Gasteiger partial charge in [0.15, 0.2) is 0 Å². The van der Waals surface area contributed by atoms with Crippen molar-refractivity contribution in [3.8, 4) is 5.75 Å². The van der Waals surface area contributed by atoms with Gasteiger partial charge in [0.05, 0.1) is 18.5 Å². The second-order valence-corrected chi connectivity index (χ2v) is 8.29. The van der Waals surface area contributed by atoms with E-state index in [2.05, 4.69) is 21.8 Å². The number of rotatable bonds is 4. The molecule has 2 aromatic carbocycles. The molecule has 8 heteroatoms. The van der Waals surface area contributed by atoms with E-state index in [1.165, 1.54) is 19.4 Å². The number of carbonyl (C=O) groups excluding carboxylic acids is 1. The summed E-state index contributed by atoms with van der Waals surface area (Å²) in [6, 6.07) is 7.83. The number of ether oxygens (including phenoxy) is 1. The Kier molecular flexibility index (Phi) is 5.47. The summed E-state index contributed by atoms with van der Waals surface area (Å²) in [7, 11) is 3.35. The van der Waals surface area contributed by atoms with Crippen molar-refractivity contribution in [2.24, 2.45) is 0 Å². The molecule has 1 aliphatic heterocycles. The quantitative estimate of drug-likeness (QED) is 0.473. The fourth-order valence-corrected chi connectivity index (χ4v) is 4.74. The van der Waals surface area contributed by atoms with Crippen LogP contribution in [0, 0.1) is 5.82 Å². The number of halogens is 1. The molecule has 7 nitrogen and oxygen atoms in total. The monoisotopic (exact) mass is 449 g/mol. The Morgan fingerprint density at radius 1 is 1.15 bits per heavy atom. The predicted molar refractivity (Wildman–Crippen MR) is 122 cm³/mol. The van der Waals surface area contributed by atoms with Gasteiger partial charge in [-0.1, -0.05) is 12.1 Å². The zero-order valence-electron chi connectivity index (χ0n) is 18.4. The molecular weight excluding hydrogens is 425 g/mol. The van der Waals surface area contributed by atoms with Crippen molar-refractivity contribution in [3.63, 3.8) is 0 Å². The van der Waals surface area contributed by atoms with Crippen LogP contribution >= 0.6 is 0 Å². The summed E-state index contributed by atoms with van der Waals surface area (Å²) in [6.07, 6.45) is 4.69. The summed E-state index contributed by atoms with van der Waals surface area (Å²) < 4.78 is 25.8. The molecule has 1 saturated heterocycles. The molecule has 1 aliphatic rings. The van der Waals surface area contributed by atoms with Crippen LogP contribution in [0.25, 0.3) is 21.7 Å². The number of phenolic OH excluding ortho intramolecular Hbond substituents is 1. The number of nitrogens with zero attached hydrogens (tertiary/aromatic N) is 3. The van der Waals surface area contributed by atoms with E-state index in [1.54, 1.807) is 24.5 Å². The van der Waals surface area contributed by atoms with Crippen molar-refractivity contribution in [2.75, 3.05) is 40.3 Å². The third-order valence-corrected chi connectivity index (χ3v) is 6.41.